The fraction of sp³-hybridized carbons (Fsp3) is 0.800. The number of hydrogen-bond acceptors (Lipinski definition) is 4. The van der Waals surface area contributed by atoms with Gasteiger partial charge in [0.05, 0.1) is 12.2 Å². The number of aryl methyl sites for hydroxylation is 1. The predicted octanol–water partition coefficient (Wildman–Crippen LogP) is 2.38. The zero-order valence-corrected chi connectivity index (χ0v) is 11.8. The summed E-state index contributed by atoms with van der Waals surface area (Å²) in [4.78, 5) is 0. The molecule has 3 atom stereocenters. The van der Waals surface area contributed by atoms with Crippen molar-refractivity contribution in [3.63, 3.8) is 0 Å². The summed E-state index contributed by atoms with van der Waals surface area (Å²) in [6.45, 7) is 3.99. The summed E-state index contributed by atoms with van der Waals surface area (Å²) in [5.41, 5.74) is 0.966. The molecule has 0 spiro atoms. The molecule has 3 unspecified atom stereocenters. The Bertz CT molecular complexity index is 398. The highest BCUT2D eigenvalue weighted by Crippen LogP contribution is 2.31. The first-order valence-electron chi connectivity index (χ1n) is 7.72. The molecule has 1 aliphatic carbocycles. The summed E-state index contributed by atoms with van der Waals surface area (Å²) in [7, 11) is 0. The molecule has 2 N–H and O–H groups in total. The Labute approximate surface area is 115 Å². The summed E-state index contributed by atoms with van der Waals surface area (Å²) in [5, 5.41) is 11.3. The molecule has 2 heterocycles. The number of nitrogens with zero attached hydrogens (tertiary/aromatic N) is 1. The summed E-state index contributed by atoms with van der Waals surface area (Å²) in [5.74, 6) is 1.75. The van der Waals surface area contributed by atoms with Crippen LogP contribution < -0.4 is 10.6 Å². The molecule has 1 aliphatic heterocycles. The molecule has 1 saturated heterocycles. The van der Waals surface area contributed by atoms with E-state index < -0.39 is 0 Å². The first-order valence-corrected chi connectivity index (χ1v) is 7.72. The topological polar surface area (TPSA) is 50.1 Å². The molecule has 0 aromatic carbocycles. The molecule has 2 aliphatic rings. The lowest BCUT2D eigenvalue weighted by Gasteiger charge is -2.33. The number of hydrogen-bond donors (Lipinski definition) is 2. The summed E-state index contributed by atoms with van der Waals surface area (Å²) >= 11 is 0. The summed E-state index contributed by atoms with van der Waals surface area (Å²) in [6, 6.07) is 3.39. The molecule has 3 rings (SSSR count). The van der Waals surface area contributed by atoms with Crippen LogP contribution in [0.25, 0.3) is 0 Å². The monoisotopic (exact) mass is 263 g/mol. The molecule has 1 aromatic rings. The molecule has 106 valence electrons. The van der Waals surface area contributed by atoms with E-state index in [2.05, 4.69) is 15.8 Å². The van der Waals surface area contributed by atoms with E-state index in [1.165, 1.54) is 45.1 Å². The maximum Gasteiger partial charge on any atom is 0.150 e. The van der Waals surface area contributed by atoms with Gasteiger partial charge in [-0.3, -0.25) is 0 Å². The normalized spacial score (nSPS) is 31.7. The minimum atomic E-state index is 0.640. The van der Waals surface area contributed by atoms with Crippen LogP contribution in [0.2, 0.25) is 0 Å². The second-order valence-electron chi connectivity index (χ2n) is 6.07. The van der Waals surface area contributed by atoms with Crippen molar-refractivity contribution in [3.05, 3.63) is 17.5 Å². The maximum absolute atomic E-state index is 5.28. The molecule has 4 heteroatoms. The van der Waals surface area contributed by atoms with Crippen LogP contribution >= 0.6 is 0 Å². The fourth-order valence-corrected chi connectivity index (χ4v) is 3.70. The molecule has 0 bridgehead atoms. The van der Waals surface area contributed by atoms with Gasteiger partial charge in [0, 0.05) is 18.2 Å². The molecule has 0 amide bonds. The van der Waals surface area contributed by atoms with Crippen molar-refractivity contribution in [3.8, 4) is 0 Å². The zero-order chi connectivity index (χ0) is 13.1. The lowest BCUT2D eigenvalue weighted by Crippen LogP contribution is -2.46. The van der Waals surface area contributed by atoms with E-state index in [4.69, 9.17) is 4.52 Å². The van der Waals surface area contributed by atoms with Crippen molar-refractivity contribution in [2.45, 2.75) is 64.1 Å². The Morgan fingerprint density at radius 3 is 3.00 bits per heavy atom. The first-order chi connectivity index (χ1) is 9.33. The van der Waals surface area contributed by atoms with E-state index in [-0.39, 0.29) is 0 Å². The highest BCUT2D eigenvalue weighted by Gasteiger charge is 2.33. The van der Waals surface area contributed by atoms with Crippen LogP contribution in [-0.4, -0.2) is 23.8 Å². The molecule has 1 aromatic heterocycles. The van der Waals surface area contributed by atoms with Gasteiger partial charge < -0.3 is 15.2 Å². The second kappa shape index (κ2) is 6.06. The van der Waals surface area contributed by atoms with Gasteiger partial charge in [-0.1, -0.05) is 18.0 Å². The molecular weight excluding hydrogens is 238 g/mol. The van der Waals surface area contributed by atoms with Crippen LogP contribution in [0.4, 0.5) is 0 Å². The largest absolute Gasteiger partial charge is 0.360 e. The maximum atomic E-state index is 5.28. The number of nitrogens with one attached hydrogen (secondary N) is 2. The smallest absolute Gasteiger partial charge is 0.150 e. The summed E-state index contributed by atoms with van der Waals surface area (Å²) < 4.78 is 5.28. The quantitative estimate of drug-likeness (QED) is 0.875. The minimum absolute atomic E-state index is 0.640. The molecule has 19 heavy (non-hydrogen) atoms. The van der Waals surface area contributed by atoms with Crippen LogP contribution in [0.15, 0.2) is 10.6 Å². The van der Waals surface area contributed by atoms with Crippen LogP contribution in [0.5, 0.6) is 0 Å². The van der Waals surface area contributed by atoms with E-state index >= 15 is 0 Å². The van der Waals surface area contributed by atoms with E-state index in [0.29, 0.717) is 6.04 Å². The standard InChI is InChI=1S/C15H25N3O/c1-11-9-12(19-18-11)10-17-15-7-4-5-13(15)14-6-2-3-8-16-14/h9,13-17H,2-8,10H2,1H3. The van der Waals surface area contributed by atoms with Gasteiger partial charge in [-0.2, -0.15) is 0 Å². The second-order valence-corrected chi connectivity index (χ2v) is 6.07. The predicted molar refractivity (Wildman–Crippen MR) is 74.9 cm³/mol. The third kappa shape index (κ3) is 3.18. The first kappa shape index (κ1) is 13.1. The molecule has 2 fully saturated rings. The van der Waals surface area contributed by atoms with Crippen molar-refractivity contribution in [2.24, 2.45) is 5.92 Å². The lowest BCUT2D eigenvalue weighted by molar-refractivity contribution is 0.251. The third-order valence-electron chi connectivity index (χ3n) is 4.65. The Morgan fingerprint density at radius 2 is 2.26 bits per heavy atom. The zero-order valence-electron chi connectivity index (χ0n) is 11.8. The highest BCUT2D eigenvalue weighted by atomic mass is 16.5. The van der Waals surface area contributed by atoms with E-state index in [1.807, 2.05) is 13.0 Å². The third-order valence-corrected chi connectivity index (χ3v) is 4.65. The van der Waals surface area contributed by atoms with E-state index in [1.54, 1.807) is 0 Å². The van der Waals surface area contributed by atoms with Crippen molar-refractivity contribution in [1.82, 2.24) is 15.8 Å². The van der Waals surface area contributed by atoms with Crippen LogP contribution in [0.3, 0.4) is 0 Å². The van der Waals surface area contributed by atoms with Gasteiger partial charge in [-0.15, -0.1) is 0 Å². The van der Waals surface area contributed by atoms with Crippen molar-refractivity contribution >= 4 is 0 Å². The van der Waals surface area contributed by atoms with E-state index in [9.17, 15) is 0 Å². The Hall–Kier alpha value is -0.870. The van der Waals surface area contributed by atoms with Gasteiger partial charge in [0.2, 0.25) is 0 Å². The van der Waals surface area contributed by atoms with Gasteiger partial charge >= 0.3 is 0 Å². The van der Waals surface area contributed by atoms with Gasteiger partial charge in [0.15, 0.2) is 5.76 Å². The van der Waals surface area contributed by atoms with Gasteiger partial charge in [0.25, 0.3) is 0 Å². The van der Waals surface area contributed by atoms with Crippen LogP contribution in [0.1, 0.15) is 50.0 Å². The number of aromatic nitrogens is 1. The average molecular weight is 263 g/mol. The van der Waals surface area contributed by atoms with Crippen molar-refractivity contribution in [2.75, 3.05) is 6.54 Å². The molecule has 0 radical (unpaired) electrons. The average Bonchev–Trinajstić information content (AvgIpc) is 3.06. The van der Waals surface area contributed by atoms with Crippen LogP contribution in [0, 0.1) is 12.8 Å². The van der Waals surface area contributed by atoms with Gasteiger partial charge in [-0.05, 0) is 45.1 Å². The number of piperidine rings is 1. The summed E-state index contributed by atoms with van der Waals surface area (Å²) in [6.07, 6.45) is 8.11. The number of rotatable bonds is 4. The Kier molecular flexibility index (Phi) is 4.18. The molecule has 4 nitrogen and oxygen atoms in total. The van der Waals surface area contributed by atoms with Gasteiger partial charge in [-0.25, -0.2) is 0 Å². The lowest BCUT2D eigenvalue weighted by atomic mass is 9.88. The van der Waals surface area contributed by atoms with Gasteiger partial charge in [0.1, 0.15) is 0 Å². The Balaban J connectivity index is 1.54. The van der Waals surface area contributed by atoms with Crippen molar-refractivity contribution < 1.29 is 4.52 Å². The van der Waals surface area contributed by atoms with Crippen molar-refractivity contribution in [1.29, 1.82) is 0 Å². The highest BCUT2D eigenvalue weighted by molar-refractivity contribution is 5.03. The molecular formula is C15H25N3O. The SMILES string of the molecule is Cc1cc(CNC2CCCC2C2CCCCN2)on1. The fourth-order valence-electron chi connectivity index (χ4n) is 3.70. The Morgan fingerprint density at radius 1 is 1.32 bits per heavy atom. The molecule has 1 saturated carbocycles. The van der Waals surface area contributed by atoms with Crippen LogP contribution in [-0.2, 0) is 6.54 Å². The minimum Gasteiger partial charge on any atom is -0.360 e. The van der Waals surface area contributed by atoms with E-state index in [0.717, 1.165) is 30.0 Å².